The number of benzene rings is 2. The molecule has 1 atom stereocenters. The van der Waals surface area contributed by atoms with E-state index in [0.717, 1.165) is 27.8 Å². The summed E-state index contributed by atoms with van der Waals surface area (Å²) in [5.41, 5.74) is 3.98. The van der Waals surface area contributed by atoms with Crippen molar-refractivity contribution in [2.45, 2.75) is 36.7 Å². The Bertz CT molecular complexity index is 1270. The third-order valence-corrected chi connectivity index (χ3v) is 8.37. The molecule has 0 saturated carbocycles. The van der Waals surface area contributed by atoms with Crippen LogP contribution in [-0.4, -0.2) is 62.6 Å². The lowest BCUT2D eigenvalue weighted by Gasteiger charge is -2.31. The van der Waals surface area contributed by atoms with Crippen molar-refractivity contribution in [1.82, 2.24) is 13.4 Å². The summed E-state index contributed by atoms with van der Waals surface area (Å²) in [6.45, 7) is -0.0900. The smallest absolute Gasteiger partial charge is 0.323 e. The molecule has 2 aromatic carbocycles. The first-order valence-corrected chi connectivity index (χ1v) is 12.1. The summed E-state index contributed by atoms with van der Waals surface area (Å²) < 4.78 is 30.7. The van der Waals surface area contributed by atoms with Crippen molar-refractivity contribution in [3.8, 4) is 0 Å². The minimum atomic E-state index is -3.64. The van der Waals surface area contributed by atoms with Crippen LogP contribution < -0.4 is 4.48 Å². The Kier molecular flexibility index (Phi) is 5.65. The fraction of sp³-hybridized carbons (Fsp3) is 0.375. The van der Waals surface area contributed by atoms with Crippen molar-refractivity contribution in [2.24, 2.45) is 0 Å². The third-order valence-electron chi connectivity index (χ3n) is 6.44. The molecule has 0 bridgehead atoms. The average Bonchev–Trinajstić information content (AvgIpc) is 3.05. The number of carboxylic acid groups (broad SMARTS) is 1. The number of hydrogen-bond donors (Lipinski definition) is 1. The fourth-order valence-electron chi connectivity index (χ4n) is 4.64. The Balaban J connectivity index is 1.65. The number of rotatable bonds is 6. The lowest BCUT2D eigenvalue weighted by Crippen LogP contribution is -2.40. The van der Waals surface area contributed by atoms with Gasteiger partial charge in [-0.2, -0.15) is 4.31 Å². The van der Waals surface area contributed by atoms with E-state index in [9.17, 15) is 18.3 Å². The maximum Gasteiger partial charge on any atom is 0.323 e. The first-order valence-electron chi connectivity index (χ1n) is 10.7. The molecule has 1 N–H and O–H groups in total. The Labute approximate surface area is 189 Å². The van der Waals surface area contributed by atoms with Gasteiger partial charge in [0.05, 0.1) is 26.0 Å². The van der Waals surface area contributed by atoms with Crippen LogP contribution in [-0.2, 0) is 34.2 Å². The zero-order valence-electron chi connectivity index (χ0n) is 18.9. The molecule has 0 amide bonds. The minimum Gasteiger partial charge on any atom is -0.480 e. The third kappa shape index (κ3) is 3.94. The monoisotopic (exact) mass is 456 g/mol. The number of quaternary nitrogens is 1. The predicted molar refractivity (Wildman–Crippen MR) is 126 cm³/mol. The van der Waals surface area contributed by atoms with E-state index < -0.39 is 16.0 Å². The molecule has 0 saturated heterocycles. The van der Waals surface area contributed by atoms with Crippen molar-refractivity contribution < 1.29 is 18.3 Å². The van der Waals surface area contributed by atoms with Gasteiger partial charge in [-0.15, -0.1) is 0 Å². The van der Waals surface area contributed by atoms with Gasteiger partial charge in [0.25, 0.3) is 0 Å². The first kappa shape index (κ1) is 22.5. The fourth-order valence-corrected chi connectivity index (χ4v) is 6.02. The minimum absolute atomic E-state index is 0.0900. The number of likely N-dealkylation sites (N-methyl/N-ethyl adjacent to an activating group) is 1. The van der Waals surface area contributed by atoms with Crippen LogP contribution in [0, 0.1) is 0 Å². The van der Waals surface area contributed by atoms with E-state index in [-0.39, 0.29) is 17.5 Å². The molecule has 1 aliphatic rings. The molecule has 4 rings (SSSR count). The van der Waals surface area contributed by atoms with Gasteiger partial charge < -0.3 is 9.67 Å². The Morgan fingerprint density at radius 1 is 1.12 bits per heavy atom. The summed E-state index contributed by atoms with van der Waals surface area (Å²) in [6, 6.07) is 14.7. The molecule has 32 heavy (non-hydrogen) atoms. The summed E-state index contributed by atoms with van der Waals surface area (Å²) in [6.07, 6.45) is 1.85. The van der Waals surface area contributed by atoms with E-state index in [2.05, 4.69) is 0 Å². The Morgan fingerprint density at radius 2 is 1.78 bits per heavy atom. The van der Waals surface area contributed by atoms with Crippen LogP contribution >= 0.6 is 0 Å². The lowest BCUT2D eigenvalue weighted by molar-refractivity contribution is -0.137. The van der Waals surface area contributed by atoms with Gasteiger partial charge in [0, 0.05) is 41.8 Å². The standard InChI is InChI=1S/C24H29N3O4S/c1-25(32(30,31)19-12-10-18(11-13-19)27(2,3)4)17-9-14-23-21(15-17)20-7-5-6-8-22(20)26(23)16-24(28)29/h5-8,10-13,17H,9,14-16H2,1-4H3/p+1/t17-/m0/s1. The van der Waals surface area contributed by atoms with Crippen LogP contribution in [0.1, 0.15) is 17.7 Å². The van der Waals surface area contributed by atoms with Crippen LogP contribution in [0.25, 0.3) is 10.9 Å². The van der Waals surface area contributed by atoms with Crippen molar-refractivity contribution in [3.63, 3.8) is 0 Å². The first-order chi connectivity index (χ1) is 15.0. The second-order valence-electron chi connectivity index (χ2n) is 9.35. The highest BCUT2D eigenvalue weighted by Gasteiger charge is 2.33. The van der Waals surface area contributed by atoms with Crippen molar-refractivity contribution in [1.29, 1.82) is 0 Å². The normalized spacial score (nSPS) is 17.0. The summed E-state index contributed by atoms with van der Waals surface area (Å²) >= 11 is 0. The molecular weight excluding hydrogens is 426 g/mol. The van der Waals surface area contributed by atoms with Crippen molar-refractivity contribution >= 4 is 32.6 Å². The SMILES string of the molecule is CN([C@H]1CCc2c(c3ccccc3n2CC(=O)O)C1)S(=O)(=O)c1ccc([N+](C)(C)C)cc1. The number of fused-ring (bicyclic) bond motifs is 3. The number of aromatic nitrogens is 1. The van der Waals surface area contributed by atoms with Crippen LogP contribution in [0.2, 0.25) is 0 Å². The number of hydrogen-bond acceptors (Lipinski definition) is 3. The lowest BCUT2D eigenvalue weighted by atomic mass is 9.91. The van der Waals surface area contributed by atoms with Crippen molar-refractivity contribution in [3.05, 3.63) is 59.8 Å². The number of aliphatic carboxylic acids is 1. The second-order valence-corrected chi connectivity index (χ2v) is 11.3. The summed E-state index contributed by atoms with van der Waals surface area (Å²) in [5, 5.41) is 10.4. The molecule has 0 unspecified atom stereocenters. The number of carbonyl (C=O) groups is 1. The average molecular weight is 457 g/mol. The molecule has 0 spiro atoms. The number of nitrogens with zero attached hydrogens (tertiary/aromatic N) is 3. The van der Waals surface area contributed by atoms with Gasteiger partial charge in [-0.3, -0.25) is 9.28 Å². The van der Waals surface area contributed by atoms with E-state index in [1.54, 1.807) is 19.2 Å². The molecule has 170 valence electrons. The molecule has 8 heteroatoms. The predicted octanol–water partition coefficient (Wildman–Crippen LogP) is 3.10. The van der Waals surface area contributed by atoms with Crippen LogP contribution in [0.4, 0.5) is 5.69 Å². The van der Waals surface area contributed by atoms with Crippen LogP contribution in [0.15, 0.2) is 53.4 Å². The van der Waals surface area contributed by atoms with E-state index in [1.165, 1.54) is 4.31 Å². The number of carboxylic acids is 1. The van der Waals surface area contributed by atoms with Crippen LogP contribution in [0.5, 0.6) is 0 Å². The summed E-state index contributed by atoms with van der Waals surface area (Å²) in [4.78, 5) is 11.7. The van der Waals surface area contributed by atoms with Gasteiger partial charge in [0.2, 0.25) is 10.0 Å². The summed E-state index contributed by atoms with van der Waals surface area (Å²) in [5.74, 6) is -0.882. The maximum atomic E-state index is 13.4. The Hall–Kier alpha value is -2.68. The van der Waals surface area contributed by atoms with E-state index in [1.807, 2.05) is 62.1 Å². The molecule has 1 heterocycles. The highest BCUT2D eigenvalue weighted by Crippen LogP contribution is 2.35. The molecule has 3 aromatic rings. The van der Waals surface area contributed by atoms with Gasteiger partial charge in [-0.25, -0.2) is 8.42 Å². The quantitative estimate of drug-likeness (QED) is 0.578. The van der Waals surface area contributed by atoms with Crippen LogP contribution in [0.3, 0.4) is 0 Å². The van der Waals surface area contributed by atoms with Gasteiger partial charge in [-0.05, 0) is 43.0 Å². The highest BCUT2D eigenvalue weighted by molar-refractivity contribution is 7.89. The molecule has 0 radical (unpaired) electrons. The number of para-hydroxylation sites is 1. The summed E-state index contributed by atoms with van der Waals surface area (Å²) in [7, 11) is 4.12. The molecule has 7 nitrogen and oxygen atoms in total. The highest BCUT2D eigenvalue weighted by atomic mass is 32.2. The number of sulfonamides is 1. The van der Waals surface area contributed by atoms with E-state index in [4.69, 9.17) is 0 Å². The van der Waals surface area contributed by atoms with Gasteiger partial charge in [0.1, 0.15) is 12.2 Å². The molecule has 0 aliphatic heterocycles. The molecule has 1 aliphatic carbocycles. The second kappa shape index (κ2) is 8.03. The molecule has 1 aromatic heterocycles. The van der Waals surface area contributed by atoms with Gasteiger partial charge in [-0.1, -0.05) is 18.2 Å². The zero-order chi connectivity index (χ0) is 23.3. The largest absolute Gasteiger partial charge is 0.480 e. The van der Waals surface area contributed by atoms with E-state index in [0.29, 0.717) is 23.7 Å². The maximum absolute atomic E-state index is 13.4. The van der Waals surface area contributed by atoms with Gasteiger partial charge in [0.15, 0.2) is 0 Å². The zero-order valence-corrected chi connectivity index (χ0v) is 19.8. The Morgan fingerprint density at radius 3 is 2.41 bits per heavy atom. The van der Waals surface area contributed by atoms with E-state index >= 15 is 0 Å². The molecular formula is C24H30N3O4S+. The molecule has 0 fully saturated rings. The van der Waals surface area contributed by atoms with Gasteiger partial charge >= 0.3 is 5.97 Å². The topological polar surface area (TPSA) is 79.6 Å². The van der Waals surface area contributed by atoms with Crippen molar-refractivity contribution in [2.75, 3.05) is 28.2 Å².